The molecule has 0 bridgehead atoms. The Morgan fingerprint density at radius 2 is 2.12 bits per heavy atom. The van der Waals surface area contributed by atoms with E-state index in [1.54, 1.807) is 0 Å². The van der Waals surface area contributed by atoms with E-state index >= 15 is 0 Å². The molecule has 2 fully saturated rings. The first kappa shape index (κ1) is 9.75. The van der Waals surface area contributed by atoms with E-state index in [1.807, 2.05) is 0 Å². The van der Waals surface area contributed by atoms with Crippen LogP contribution in [0.25, 0.3) is 0 Å². The SMILES string of the molecule is O=C(Nc1ccncc1F)C1CC2CC2C1. The van der Waals surface area contributed by atoms with Crippen LogP contribution in [0.1, 0.15) is 19.3 Å². The molecule has 1 heterocycles. The molecule has 3 rings (SSSR count). The van der Waals surface area contributed by atoms with Crippen molar-refractivity contribution in [2.24, 2.45) is 17.8 Å². The summed E-state index contributed by atoms with van der Waals surface area (Å²) in [6.07, 6.45) is 5.83. The first-order valence-electron chi connectivity index (χ1n) is 5.64. The highest BCUT2D eigenvalue weighted by molar-refractivity contribution is 5.92. The molecule has 0 radical (unpaired) electrons. The number of aromatic nitrogens is 1. The zero-order valence-electron chi connectivity index (χ0n) is 8.82. The Morgan fingerprint density at radius 3 is 2.81 bits per heavy atom. The van der Waals surface area contributed by atoms with Crippen LogP contribution in [0.3, 0.4) is 0 Å². The van der Waals surface area contributed by atoms with E-state index in [4.69, 9.17) is 0 Å². The van der Waals surface area contributed by atoms with Gasteiger partial charge in [-0.05, 0) is 37.2 Å². The fourth-order valence-electron chi connectivity index (χ4n) is 2.64. The number of fused-ring (bicyclic) bond motifs is 1. The summed E-state index contributed by atoms with van der Waals surface area (Å²) in [7, 11) is 0. The number of amides is 1. The number of nitrogens with one attached hydrogen (secondary N) is 1. The lowest BCUT2D eigenvalue weighted by molar-refractivity contribution is -0.120. The molecule has 84 valence electrons. The van der Waals surface area contributed by atoms with Crippen LogP contribution < -0.4 is 5.32 Å². The van der Waals surface area contributed by atoms with Crippen LogP contribution in [-0.4, -0.2) is 10.9 Å². The molecule has 2 unspecified atom stereocenters. The van der Waals surface area contributed by atoms with Gasteiger partial charge in [0.2, 0.25) is 5.91 Å². The normalized spacial score (nSPS) is 30.9. The summed E-state index contributed by atoms with van der Waals surface area (Å²) in [6.45, 7) is 0. The minimum atomic E-state index is -0.473. The third-order valence-corrected chi connectivity index (χ3v) is 3.64. The summed E-state index contributed by atoms with van der Waals surface area (Å²) in [6, 6.07) is 1.49. The number of anilines is 1. The highest BCUT2D eigenvalue weighted by Gasteiger charge is 2.48. The average molecular weight is 220 g/mol. The quantitative estimate of drug-likeness (QED) is 0.830. The second-order valence-electron chi connectivity index (χ2n) is 4.77. The molecule has 0 saturated heterocycles. The van der Waals surface area contributed by atoms with Crippen molar-refractivity contribution < 1.29 is 9.18 Å². The van der Waals surface area contributed by atoms with E-state index in [1.165, 1.54) is 18.7 Å². The number of rotatable bonds is 2. The maximum Gasteiger partial charge on any atom is 0.227 e. The number of pyridine rings is 1. The molecule has 1 N–H and O–H groups in total. The van der Waals surface area contributed by atoms with E-state index in [0.29, 0.717) is 0 Å². The Labute approximate surface area is 93.1 Å². The lowest BCUT2D eigenvalue weighted by Crippen LogP contribution is -2.22. The summed E-state index contributed by atoms with van der Waals surface area (Å²) in [5, 5.41) is 2.64. The van der Waals surface area contributed by atoms with Crippen molar-refractivity contribution in [1.29, 1.82) is 0 Å². The van der Waals surface area contributed by atoms with Crippen LogP contribution in [0.4, 0.5) is 10.1 Å². The highest BCUT2D eigenvalue weighted by Crippen LogP contribution is 2.54. The van der Waals surface area contributed by atoms with Gasteiger partial charge in [-0.3, -0.25) is 9.78 Å². The number of halogens is 1. The Hall–Kier alpha value is -1.45. The van der Waals surface area contributed by atoms with Gasteiger partial charge in [0.15, 0.2) is 5.82 Å². The molecule has 3 nitrogen and oxygen atoms in total. The lowest BCUT2D eigenvalue weighted by Gasteiger charge is -2.12. The van der Waals surface area contributed by atoms with Gasteiger partial charge in [-0.2, -0.15) is 0 Å². The van der Waals surface area contributed by atoms with Crippen LogP contribution in [0.5, 0.6) is 0 Å². The minimum absolute atomic E-state index is 0.0442. The fourth-order valence-corrected chi connectivity index (χ4v) is 2.64. The first-order valence-corrected chi connectivity index (χ1v) is 5.64. The predicted octanol–water partition coefficient (Wildman–Crippen LogP) is 2.21. The maximum atomic E-state index is 13.2. The Morgan fingerprint density at radius 1 is 1.38 bits per heavy atom. The molecule has 0 aliphatic heterocycles. The van der Waals surface area contributed by atoms with Crippen LogP contribution in [-0.2, 0) is 4.79 Å². The molecule has 0 aromatic carbocycles. The van der Waals surface area contributed by atoms with E-state index < -0.39 is 5.82 Å². The van der Waals surface area contributed by atoms with Crippen LogP contribution in [0, 0.1) is 23.6 Å². The highest BCUT2D eigenvalue weighted by atomic mass is 19.1. The minimum Gasteiger partial charge on any atom is -0.323 e. The fraction of sp³-hybridized carbons (Fsp3) is 0.500. The van der Waals surface area contributed by atoms with Crippen LogP contribution >= 0.6 is 0 Å². The predicted molar refractivity (Wildman–Crippen MR) is 57.1 cm³/mol. The molecular formula is C12H13FN2O. The van der Waals surface area contributed by atoms with Crippen molar-refractivity contribution in [3.8, 4) is 0 Å². The molecule has 2 aliphatic carbocycles. The number of carbonyl (C=O) groups excluding carboxylic acids is 1. The second kappa shape index (κ2) is 3.54. The van der Waals surface area contributed by atoms with Crippen molar-refractivity contribution in [3.63, 3.8) is 0 Å². The maximum absolute atomic E-state index is 13.2. The van der Waals surface area contributed by atoms with Crippen molar-refractivity contribution in [3.05, 3.63) is 24.3 Å². The smallest absolute Gasteiger partial charge is 0.227 e. The summed E-state index contributed by atoms with van der Waals surface area (Å²) in [4.78, 5) is 15.5. The van der Waals surface area contributed by atoms with Gasteiger partial charge >= 0.3 is 0 Å². The monoisotopic (exact) mass is 220 g/mol. The van der Waals surface area contributed by atoms with E-state index in [-0.39, 0.29) is 17.5 Å². The second-order valence-corrected chi connectivity index (χ2v) is 4.77. The largest absolute Gasteiger partial charge is 0.323 e. The van der Waals surface area contributed by atoms with Gasteiger partial charge in [0.1, 0.15) is 0 Å². The van der Waals surface area contributed by atoms with Gasteiger partial charge in [0.05, 0.1) is 11.9 Å². The van der Waals surface area contributed by atoms with Crippen molar-refractivity contribution in [2.75, 3.05) is 5.32 Å². The molecule has 0 spiro atoms. The summed E-state index contributed by atoms with van der Waals surface area (Å²) in [5.41, 5.74) is 0.237. The van der Waals surface area contributed by atoms with Gasteiger partial charge in [0.25, 0.3) is 0 Å². The van der Waals surface area contributed by atoms with Gasteiger partial charge in [0, 0.05) is 12.1 Å². The van der Waals surface area contributed by atoms with E-state index in [0.717, 1.165) is 30.9 Å². The molecule has 2 saturated carbocycles. The van der Waals surface area contributed by atoms with Gasteiger partial charge in [-0.25, -0.2) is 4.39 Å². The Balaban J connectivity index is 1.66. The molecule has 1 aromatic heterocycles. The molecule has 4 heteroatoms. The topological polar surface area (TPSA) is 42.0 Å². The number of hydrogen-bond acceptors (Lipinski definition) is 2. The average Bonchev–Trinajstić information content (AvgIpc) is 2.89. The number of hydrogen-bond donors (Lipinski definition) is 1. The Bertz CT molecular complexity index is 425. The third-order valence-electron chi connectivity index (χ3n) is 3.64. The molecule has 1 aromatic rings. The number of carbonyl (C=O) groups is 1. The molecular weight excluding hydrogens is 207 g/mol. The van der Waals surface area contributed by atoms with E-state index in [9.17, 15) is 9.18 Å². The van der Waals surface area contributed by atoms with Crippen molar-refractivity contribution in [2.45, 2.75) is 19.3 Å². The van der Waals surface area contributed by atoms with Crippen molar-refractivity contribution in [1.82, 2.24) is 4.98 Å². The van der Waals surface area contributed by atoms with Crippen molar-refractivity contribution >= 4 is 11.6 Å². The Kier molecular flexibility index (Phi) is 2.16. The summed E-state index contributed by atoms with van der Waals surface area (Å²) in [5.74, 6) is 1.09. The van der Waals surface area contributed by atoms with Crippen LogP contribution in [0.2, 0.25) is 0 Å². The van der Waals surface area contributed by atoms with Crippen LogP contribution in [0.15, 0.2) is 18.5 Å². The standard InChI is InChI=1S/C12H13FN2O/c13-10-6-14-2-1-11(10)15-12(16)9-4-7-3-8(7)5-9/h1-2,6-9H,3-5H2,(H,14,15,16). The lowest BCUT2D eigenvalue weighted by atomic mass is 10.0. The molecule has 16 heavy (non-hydrogen) atoms. The van der Waals surface area contributed by atoms with E-state index in [2.05, 4.69) is 10.3 Å². The summed E-state index contributed by atoms with van der Waals surface area (Å²) < 4.78 is 13.2. The molecule has 1 amide bonds. The first-order chi connectivity index (χ1) is 7.74. The summed E-state index contributed by atoms with van der Waals surface area (Å²) >= 11 is 0. The zero-order valence-corrected chi connectivity index (χ0v) is 8.82. The zero-order chi connectivity index (χ0) is 11.1. The third kappa shape index (κ3) is 1.68. The molecule has 2 atom stereocenters. The number of nitrogens with zero attached hydrogens (tertiary/aromatic N) is 1. The van der Waals surface area contributed by atoms with Gasteiger partial charge in [-0.1, -0.05) is 0 Å². The molecule has 2 aliphatic rings. The van der Waals surface area contributed by atoms with Gasteiger partial charge < -0.3 is 5.32 Å². The van der Waals surface area contributed by atoms with Gasteiger partial charge in [-0.15, -0.1) is 0 Å².